The SMILES string of the molecule is O=S(=O)(NCc1ccccc1)c1cccc2ccccc12. The zero-order valence-electron chi connectivity index (χ0n) is 11.4. The normalized spacial score (nSPS) is 11.6. The number of rotatable bonds is 4. The summed E-state index contributed by atoms with van der Waals surface area (Å²) in [5.41, 5.74) is 0.932. The molecule has 0 amide bonds. The van der Waals surface area contributed by atoms with E-state index in [9.17, 15) is 8.42 Å². The van der Waals surface area contributed by atoms with Gasteiger partial charge in [-0.15, -0.1) is 0 Å². The van der Waals surface area contributed by atoms with Crippen molar-refractivity contribution in [1.82, 2.24) is 4.72 Å². The summed E-state index contributed by atoms with van der Waals surface area (Å²) in [5, 5.41) is 1.65. The van der Waals surface area contributed by atoms with Crippen molar-refractivity contribution in [2.45, 2.75) is 11.4 Å². The lowest BCUT2D eigenvalue weighted by Gasteiger charge is -2.09. The molecule has 3 rings (SSSR count). The highest BCUT2D eigenvalue weighted by Crippen LogP contribution is 2.22. The highest BCUT2D eigenvalue weighted by Gasteiger charge is 2.16. The van der Waals surface area contributed by atoms with E-state index in [1.54, 1.807) is 12.1 Å². The maximum absolute atomic E-state index is 12.5. The third-order valence-electron chi connectivity index (χ3n) is 3.35. The monoisotopic (exact) mass is 297 g/mol. The van der Waals surface area contributed by atoms with Crippen LogP contribution in [0, 0.1) is 0 Å². The fourth-order valence-electron chi connectivity index (χ4n) is 2.28. The molecule has 0 atom stereocenters. The van der Waals surface area contributed by atoms with E-state index in [4.69, 9.17) is 0 Å². The highest BCUT2D eigenvalue weighted by atomic mass is 32.2. The molecule has 4 heteroatoms. The van der Waals surface area contributed by atoms with Crippen molar-refractivity contribution in [3.05, 3.63) is 78.4 Å². The van der Waals surface area contributed by atoms with Gasteiger partial charge in [0.15, 0.2) is 0 Å². The van der Waals surface area contributed by atoms with E-state index in [0.29, 0.717) is 4.90 Å². The van der Waals surface area contributed by atoms with Crippen LogP contribution in [-0.4, -0.2) is 8.42 Å². The average molecular weight is 297 g/mol. The molecule has 3 aromatic carbocycles. The van der Waals surface area contributed by atoms with Crippen molar-refractivity contribution in [3.63, 3.8) is 0 Å². The second-order valence-electron chi connectivity index (χ2n) is 4.79. The Bertz CT molecular complexity index is 853. The van der Waals surface area contributed by atoms with Gasteiger partial charge in [0.1, 0.15) is 0 Å². The molecule has 0 radical (unpaired) electrons. The van der Waals surface area contributed by atoms with Gasteiger partial charge in [0.25, 0.3) is 0 Å². The van der Waals surface area contributed by atoms with Gasteiger partial charge in [0.2, 0.25) is 10.0 Å². The van der Waals surface area contributed by atoms with Gasteiger partial charge in [0, 0.05) is 11.9 Å². The minimum absolute atomic E-state index is 0.284. The van der Waals surface area contributed by atoms with Crippen molar-refractivity contribution >= 4 is 20.8 Å². The largest absolute Gasteiger partial charge is 0.241 e. The molecule has 0 aliphatic heterocycles. The Morgan fingerprint density at radius 1 is 0.762 bits per heavy atom. The van der Waals surface area contributed by atoms with Gasteiger partial charge in [-0.2, -0.15) is 0 Å². The molecule has 1 N–H and O–H groups in total. The predicted molar refractivity (Wildman–Crippen MR) is 84.4 cm³/mol. The van der Waals surface area contributed by atoms with Gasteiger partial charge in [-0.1, -0.05) is 66.7 Å². The number of hydrogen-bond acceptors (Lipinski definition) is 2. The minimum Gasteiger partial charge on any atom is -0.207 e. The summed E-state index contributed by atoms with van der Waals surface area (Å²) in [4.78, 5) is 0.316. The van der Waals surface area contributed by atoms with E-state index in [-0.39, 0.29) is 6.54 Å². The minimum atomic E-state index is -3.54. The topological polar surface area (TPSA) is 46.2 Å². The molecule has 3 nitrogen and oxygen atoms in total. The third-order valence-corrected chi connectivity index (χ3v) is 4.81. The Labute approximate surface area is 124 Å². The zero-order chi connectivity index (χ0) is 14.7. The fraction of sp³-hybridized carbons (Fsp3) is 0.0588. The van der Waals surface area contributed by atoms with Crippen molar-refractivity contribution in [3.8, 4) is 0 Å². The molecule has 0 heterocycles. The van der Waals surface area contributed by atoms with Crippen LogP contribution < -0.4 is 4.72 Å². The lowest BCUT2D eigenvalue weighted by molar-refractivity contribution is 0.582. The van der Waals surface area contributed by atoms with Crippen molar-refractivity contribution in [1.29, 1.82) is 0 Å². The van der Waals surface area contributed by atoms with Crippen LogP contribution in [0.1, 0.15) is 5.56 Å². The Morgan fingerprint density at radius 2 is 1.43 bits per heavy atom. The first kappa shape index (κ1) is 13.8. The van der Waals surface area contributed by atoms with Crippen LogP contribution in [0.2, 0.25) is 0 Å². The lowest BCUT2D eigenvalue weighted by Crippen LogP contribution is -2.23. The van der Waals surface area contributed by atoms with E-state index in [0.717, 1.165) is 16.3 Å². The van der Waals surface area contributed by atoms with Crippen LogP contribution in [-0.2, 0) is 16.6 Å². The molecule has 0 aromatic heterocycles. The molecule has 21 heavy (non-hydrogen) atoms. The number of hydrogen-bond donors (Lipinski definition) is 1. The first-order chi connectivity index (χ1) is 10.2. The molecule has 106 valence electrons. The molecule has 0 bridgehead atoms. The number of benzene rings is 3. The second-order valence-corrected chi connectivity index (χ2v) is 6.52. The van der Waals surface area contributed by atoms with Gasteiger partial charge in [0.05, 0.1) is 4.90 Å². The molecule has 0 aliphatic rings. The molecule has 0 fully saturated rings. The van der Waals surface area contributed by atoms with E-state index in [1.165, 1.54) is 0 Å². The second kappa shape index (κ2) is 5.68. The van der Waals surface area contributed by atoms with Crippen molar-refractivity contribution < 1.29 is 8.42 Å². The standard InChI is InChI=1S/C17H15NO2S/c19-21(20,18-13-14-7-2-1-3-8-14)17-12-6-10-15-9-4-5-11-16(15)17/h1-12,18H,13H2. The molecular formula is C17H15NO2S. The van der Waals surface area contributed by atoms with Gasteiger partial charge >= 0.3 is 0 Å². The maximum atomic E-state index is 12.5. The van der Waals surface area contributed by atoms with E-state index >= 15 is 0 Å². The fourth-order valence-corrected chi connectivity index (χ4v) is 3.53. The lowest BCUT2D eigenvalue weighted by atomic mass is 10.1. The molecule has 0 unspecified atom stereocenters. The Morgan fingerprint density at radius 3 is 2.24 bits per heavy atom. The summed E-state index contributed by atoms with van der Waals surface area (Å²) < 4.78 is 27.7. The Kier molecular flexibility index (Phi) is 3.73. The van der Waals surface area contributed by atoms with E-state index in [2.05, 4.69) is 4.72 Å². The third kappa shape index (κ3) is 2.96. The number of sulfonamides is 1. The van der Waals surface area contributed by atoms with Gasteiger partial charge in [-0.05, 0) is 17.0 Å². The Balaban J connectivity index is 1.94. The summed E-state index contributed by atoms with van der Waals surface area (Å²) in [6.07, 6.45) is 0. The van der Waals surface area contributed by atoms with Crippen LogP contribution >= 0.6 is 0 Å². The van der Waals surface area contributed by atoms with E-state index < -0.39 is 10.0 Å². The van der Waals surface area contributed by atoms with Crippen LogP contribution in [0.25, 0.3) is 10.8 Å². The quantitative estimate of drug-likeness (QED) is 0.803. The van der Waals surface area contributed by atoms with Crippen LogP contribution in [0.3, 0.4) is 0 Å². The van der Waals surface area contributed by atoms with Crippen molar-refractivity contribution in [2.24, 2.45) is 0 Å². The van der Waals surface area contributed by atoms with Gasteiger partial charge in [-0.3, -0.25) is 0 Å². The summed E-state index contributed by atoms with van der Waals surface area (Å²) in [6, 6.07) is 22.3. The predicted octanol–water partition coefficient (Wildman–Crippen LogP) is 3.32. The molecule has 3 aromatic rings. The molecule has 0 saturated carbocycles. The van der Waals surface area contributed by atoms with Crippen LogP contribution in [0.5, 0.6) is 0 Å². The molecule has 0 saturated heterocycles. The van der Waals surface area contributed by atoms with Crippen LogP contribution in [0.15, 0.2) is 77.7 Å². The summed E-state index contributed by atoms with van der Waals surface area (Å²) >= 11 is 0. The number of nitrogens with one attached hydrogen (secondary N) is 1. The van der Waals surface area contributed by atoms with Crippen molar-refractivity contribution in [2.75, 3.05) is 0 Å². The molecule has 0 aliphatic carbocycles. The zero-order valence-corrected chi connectivity index (χ0v) is 12.2. The first-order valence-electron chi connectivity index (χ1n) is 6.68. The molecular weight excluding hydrogens is 282 g/mol. The van der Waals surface area contributed by atoms with Crippen LogP contribution in [0.4, 0.5) is 0 Å². The smallest absolute Gasteiger partial charge is 0.207 e. The van der Waals surface area contributed by atoms with Gasteiger partial charge < -0.3 is 0 Å². The Hall–Kier alpha value is -2.17. The molecule has 0 spiro atoms. The summed E-state index contributed by atoms with van der Waals surface area (Å²) in [5.74, 6) is 0. The number of fused-ring (bicyclic) bond motifs is 1. The average Bonchev–Trinajstić information content (AvgIpc) is 2.53. The first-order valence-corrected chi connectivity index (χ1v) is 8.16. The highest BCUT2D eigenvalue weighted by molar-refractivity contribution is 7.89. The summed E-state index contributed by atoms with van der Waals surface area (Å²) in [6.45, 7) is 0.284. The van der Waals surface area contributed by atoms with Gasteiger partial charge in [-0.25, -0.2) is 13.1 Å². The maximum Gasteiger partial charge on any atom is 0.241 e. The summed E-state index contributed by atoms with van der Waals surface area (Å²) in [7, 11) is -3.54. The van der Waals surface area contributed by atoms with E-state index in [1.807, 2.05) is 60.7 Å².